The number of hydrogen-bond donors (Lipinski definition) is 1. The van der Waals surface area contributed by atoms with Crippen molar-refractivity contribution in [3.63, 3.8) is 0 Å². The highest BCUT2D eigenvalue weighted by Crippen LogP contribution is 2.42. The fraction of sp³-hybridized carbons (Fsp3) is 0.500. The Morgan fingerprint density at radius 2 is 1.86 bits per heavy atom. The number of rotatable bonds is 3. The maximum atomic E-state index is 12.3. The van der Waals surface area contributed by atoms with Crippen molar-refractivity contribution in [3.8, 4) is 11.3 Å². The predicted octanol–water partition coefficient (Wildman–Crippen LogP) is 4.96. The van der Waals surface area contributed by atoms with Crippen LogP contribution < -0.4 is 5.56 Å². The van der Waals surface area contributed by atoms with Crippen LogP contribution in [0.4, 0.5) is 0 Å². The molecule has 0 aromatic carbocycles. The van der Waals surface area contributed by atoms with Crippen molar-refractivity contribution >= 4 is 27.5 Å². The summed E-state index contributed by atoms with van der Waals surface area (Å²) in [5.74, 6) is 1.08. The second-order valence-electron chi connectivity index (χ2n) is 8.32. The highest BCUT2D eigenvalue weighted by molar-refractivity contribution is 7.18. The number of fused-ring (bicyclic) bond motifs is 1. The van der Waals surface area contributed by atoms with Crippen molar-refractivity contribution in [3.05, 3.63) is 38.2 Å². The van der Waals surface area contributed by atoms with Crippen LogP contribution in [-0.4, -0.2) is 20.3 Å². The fourth-order valence-electron chi connectivity index (χ4n) is 4.27. The van der Waals surface area contributed by atoms with Gasteiger partial charge in [-0.15, -0.1) is 11.3 Å². The summed E-state index contributed by atoms with van der Waals surface area (Å²) in [7, 11) is 1.80. The Balaban J connectivity index is 1.85. The monoisotopic (exact) mass is 397 g/mol. The summed E-state index contributed by atoms with van der Waals surface area (Å²) in [4.78, 5) is 33.6. The number of nitrogens with one attached hydrogen (secondary N) is 1. The van der Waals surface area contributed by atoms with Crippen LogP contribution in [0.2, 0.25) is 0 Å². The van der Waals surface area contributed by atoms with Gasteiger partial charge in [0.2, 0.25) is 0 Å². The minimum Gasteiger partial charge on any atom is -0.345 e. The highest BCUT2D eigenvalue weighted by Gasteiger charge is 2.26. The van der Waals surface area contributed by atoms with E-state index in [-0.39, 0.29) is 5.56 Å². The second-order valence-corrected chi connectivity index (χ2v) is 9.35. The lowest BCUT2D eigenvalue weighted by molar-refractivity contribution is -0.120. The molecule has 3 aromatic heterocycles. The summed E-state index contributed by atoms with van der Waals surface area (Å²) >= 11 is 1.72. The predicted molar refractivity (Wildman–Crippen MR) is 114 cm³/mol. The van der Waals surface area contributed by atoms with Gasteiger partial charge in [-0.05, 0) is 38.2 Å². The highest BCUT2D eigenvalue weighted by atomic mass is 32.1. The molecule has 0 saturated heterocycles. The lowest BCUT2D eigenvalue weighted by atomic mass is 9.89. The summed E-state index contributed by atoms with van der Waals surface area (Å²) in [5, 5.41) is 1.15. The molecule has 0 atom stereocenters. The average molecular weight is 398 g/mol. The summed E-state index contributed by atoms with van der Waals surface area (Å²) in [6.07, 6.45) is 5.11. The van der Waals surface area contributed by atoms with Gasteiger partial charge in [0.1, 0.15) is 16.1 Å². The molecule has 0 aliphatic heterocycles. The van der Waals surface area contributed by atoms with Crippen LogP contribution in [0, 0.1) is 13.8 Å². The summed E-state index contributed by atoms with van der Waals surface area (Å²) < 4.78 is 1.66. The number of pyridine rings is 1. The quantitative estimate of drug-likeness (QED) is 0.679. The van der Waals surface area contributed by atoms with Crippen LogP contribution in [0.3, 0.4) is 0 Å². The number of thiazole rings is 1. The van der Waals surface area contributed by atoms with E-state index in [2.05, 4.69) is 18.8 Å². The first kappa shape index (κ1) is 19.1. The van der Waals surface area contributed by atoms with Gasteiger partial charge < -0.3 is 9.55 Å². The first-order chi connectivity index (χ1) is 13.3. The molecular weight excluding hydrogens is 370 g/mol. The smallest absolute Gasteiger partial charge is 0.253 e. The Morgan fingerprint density at radius 3 is 2.50 bits per heavy atom. The Kier molecular flexibility index (Phi) is 4.78. The zero-order chi connectivity index (χ0) is 20.2. The third kappa shape index (κ3) is 3.04. The number of aryl methyl sites for hydroxylation is 1. The number of aromatic nitrogens is 3. The van der Waals surface area contributed by atoms with Crippen LogP contribution in [0.15, 0.2) is 11.0 Å². The molecule has 0 unspecified atom stereocenters. The lowest BCUT2D eigenvalue weighted by Crippen LogP contribution is -2.20. The van der Waals surface area contributed by atoms with Crippen molar-refractivity contribution in [2.24, 2.45) is 7.05 Å². The third-order valence-electron chi connectivity index (χ3n) is 6.08. The van der Waals surface area contributed by atoms with Crippen LogP contribution in [0.5, 0.6) is 0 Å². The van der Waals surface area contributed by atoms with E-state index in [1.54, 1.807) is 23.0 Å². The Hall–Kier alpha value is -2.21. The van der Waals surface area contributed by atoms with E-state index in [0.29, 0.717) is 30.5 Å². The number of H-pyrrole nitrogens is 1. The van der Waals surface area contributed by atoms with E-state index in [4.69, 9.17) is 4.98 Å². The topological polar surface area (TPSA) is 67.8 Å². The molecule has 1 aliphatic rings. The van der Waals surface area contributed by atoms with Gasteiger partial charge in [0, 0.05) is 48.7 Å². The molecule has 1 aliphatic carbocycles. The zero-order valence-electron chi connectivity index (χ0n) is 17.2. The summed E-state index contributed by atoms with van der Waals surface area (Å²) in [6.45, 7) is 8.29. The fourth-order valence-corrected chi connectivity index (χ4v) is 5.42. The maximum absolute atomic E-state index is 12.3. The van der Waals surface area contributed by atoms with Crippen LogP contribution in [0.25, 0.3) is 21.6 Å². The third-order valence-corrected chi connectivity index (χ3v) is 7.21. The first-order valence-electron chi connectivity index (χ1n) is 9.99. The summed E-state index contributed by atoms with van der Waals surface area (Å²) in [5.41, 5.74) is 6.26. The van der Waals surface area contributed by atoms with Crippen molar-refractivity contribution in [1.82, 2.24) is 14.5 Å². The molecule has 148 valence electrons. The number of nitrogens with zero attached hydrogens (tertiary/aromatic N) is 2. The number of Topliss-reactive ketones (excluding diaryl/α,β-unsaturated/α-hetero) is 1. The van der Waals surface area contributed by atoms with E-state index in [1.165, 1.54) is 5.56 Å². The molecule has 0 bridgehead atoms. The zero-order valence-corrected chi connectivity index (χ0v) is 18.0. The minimum atomic E-state index is 0.0490. The van der Waals surface area contributed by atoms with E-state index in [0.717, 1.165) is 50.6 Å². The molecule has 28 heavy (non-hydrogen) atoms. The van der Waals surface area contributed by atoms with E-state index < -0.39 is 0 Å². The molecule has 6 heteroatoms. The molecule has 3 heterocycles. The van der Waals surface area contributed by atoms with Gasteiger partial charge in [0.15, 0.2) is 0 Å². The Labute approximate surface area is 168 Å². The maximum Gasteiger partial charge on any atom is 0.253 e. The van der Waals surface area contributed by atoms with Crippen molar-refractivity contribution in [1.29, 1.82) is 0 Å². The molecule has 1 N–H and O–H groups in total. The van der Waals surface area contributed by atoms with Crippen LogP contribution in [-0.2, 0) is 11.8 Å². The van der Waals surface area contributed by atoms with Gasteiger partial charge in [0.25, 0.3) is 5.56 Å². The lowest BCUT2D eigenvalue weighted by Gasteiger charge is -2.18. The molecule has 0 spiro atoms. The van der Waals surface area contributed by atoms with Crippen LogP contribution >= 0.6 is 11.3 Å². The second kappa shape index (κ2) is 6.99. The van der Waals surface area contributed by atoms with Crippen molar-refractivity contribution in [2.45, 2.75) is 65.2 Å². The van der Waals surface area contributed by atoms with Gasteiger partial charge in [-0.3, -0.25) is 9.59 Å². The van der Waals surface area contributed by atoms with Gasteiger partial charge in [-0.1, -0.05) is 13.8 Å². The number of hydrogen-bond acceptors (Lipinski definition) is 4. The largest absolute Gasteiger partial charge is 0.345 e. The molecule has 1 saturated carbocycles. The van der Waals surface area contributed by atoms with Gasteiger partial charge in [-0.25, -0.2) is 4.98 Å². The molecule has 5 nitrogen and oxygen atoms in total. The Bertz CT molecular complexity index is 1120. The molecule has 4 rings (SSSR count). The average Bonchev–Trinajstić information content (AvgIpc) is 3.21. The van der Waals surface area contributed by atoms with E-state index in [1.807, 2.05) is 20.0 Å². The molecule has 0 amide bonds. The summed E-state index contributed by atoms with van der Waals surface area (Å²) in [6, 6.07) is 0. The first-order valence-corrected chi connectivity index (χ1v) is 10.8. The van der Waals surface area contributed by atoms with E-state index >= 15 is 0 Å². The van der Waals surface area contributed by atoms with Crippen molar-refractivity contribution < 1.29 is 4.79 Å². The molecular formula is C22H27N3O2S. The van der Waals surface area contributed by atoms with Gasteiger partial charge in [-0.2, -0.15) is 0 Å². The standard InChI is InChI=1S/C22H27N3O2S/c1-11(2)17-18(16-10-25(5)22(27)13(4)12(16)3)23-21-19(17)24-20(28-21)14-6-8-15(26)9-7-14/h10-11,14,23H,6-9H2,1-5H3. The Morgan fingerprint density at radius 1 is 1.18 bits per heavy atom. The van der Waals surface area contributed by atoms with Crippen molar-refractivity contribution in [2.75, 3.05) is 0 Å². The SMILES string of the molecule is Cc1c(-c2[nH]c3sc(C4CCC(=O)CC4)nc3c2C(C)C)cn(C)c(=O)c1C. The molecule has 1 fully saturated rings. The normalized spacial score (nSPS) is 15.9. The minimum absolute atomic E-state index is 0.0490. The number of ketones is 1. The number of carbonyl (C=O) groups excluding carboxylic acids is 1. The molecule has 0 radical (unpaired) electrons. The molecule has 3 aromatic rings. The van der Waals surface area contributed by atoms with E-state index in [9.17, 15) is 9.59 Å². The van der Waals surface area contributed by atoms with Crippen LogP contribution in [0.1, 0.15) is 73.1 Å². The number of aromatic amines is 1. The van der Waals surface area contributed by atoms with Gasteiger partial charge >= 0.3 is 0 Å². The number of carbonyl (C=O) groups is 1. The van der Waals surface area contributed by atoms with Gasteiger partial charge in [0.05, 0.1) is 10.7 Å².